The van der Waals surface area contributed by atoms with Gasteiger partial charge in [-0.25, -0.2) is 4.98 Å². The Balaban J connectivity index is 2.10. The summed E-state index contributed by atoms with van der Waals surface area (Å²) in [7, 11) is 0. The smallest absolute Gasteiger partial charge is 0.236 e. The second-order valence-corrected chi connectivity index (χ2v) is 5.39. The van der Waals surface area contributed by atoms with E-state index in [4.69, 9.17) is 10.2 Å². The van der Waals surface area contributed by atoms with Crippen molar-refractivity contribution in [1.29, 1.82) is 0 Å². The second-order valence-electron chi connectivity index (χ2n) is 3.34. The molecule has 5 heteroatoms. The monoisotopic (exact) mass is 254 g/mol. The van der Waals surface area contributed by atoms with E-state index in [-0.39, 0.29) is 0 Å². The van der Waals surface area contributed by atoms with Crippen molar-refractivity contribution in [1.82, 2.24) is 4.98 Å². The van der Waals surface area contributed by atoms with Crippen LogP contribution in [0.4, 0.5) is 0 Å². The molecule has 0 atom stereocenters. The molecular weight excluding hydrogens is 240 g/mol. The summed E-state index contributed by atoms with van der Waals surface area (Å²) < 4.78 is 5.64. The molecule has 0 saturated carbocycles. The molecule has 3 nitrogen and oxygen atoms in total. The SMILES string of the molecule is Cc1oc(-c2cccs2)nc1CSCCN. The van der Waals surface area contributed by atoms with E-state index >= 15 is 0 Å². The van der Waals surface area contributed by atoms with Crippen LogP contribution in [0.2, 0.25) is 0 Å². The summed E-state index contributed by atoms with van der Waals surface area (Å²) in [4.78, 5) is 5.59. The Morgan fingerprint density at radius 2 is 2.44 bits per heavy atom. The average molecular weight is 254 g/mol. The van der Waals surface area contributed by atoms with Gasteiger partial charge < -0.3 is 10.2 Å². The van der Waals surface area contributed by atoms with E-state index in [1.165, 1.54) is 0 Å². The van der Waals surface area contributed by atoms with Gasteiger partial charge in [0.15, 0.2) is 0 Å². The number of hydrogen-bond acceptors (Lipinski definition) is 5. The number of aromatic nitrogens is 1. The molecular formula is C11H14N2OS2. The minimum Gasteiger partial charge on any atom is -0.440 e. The van der Waals surface area contributed by atoms with Crippen molar-refractivity contribution in [2.75, 3.05) is 12.3 Å². The maximum absolute atomic E-state index is 5.64. The Labute approximate surface area is 103 Å². The van der Waals surface area contributed by atoms with Crippen LogP contribution in [0.5, 0.6) is 0 Å². The molecule has 0 amide bonds. The summed E-state index contributed by atoms with van der Waals surface area (Å²) >= 11 is 3.43. The van der Waals surface area contributed by atoms with Crippen molar-refractivity contribution in [3.8, 4) is 10.8 Å². The standard InChI is InChI=1S/C11H14N2OS2/c1-8-9(7-15-6-4-12)13-11(14-8)10-3-2-5-16-10/h2-3,5H,4,6-7,12H2,1H3. The third-order valence-corrected chi connectivity index (χ3v) is 3.99. The van der Waals surface area contributed by atoms with E-state index in [1.54, 1.807) is 23.1 Å². The van der Waals surface area contributed by atoms with Gasteiger partial charge in [0.25, 0.3) is 0 Å². The predicted octanol–water partition coefficient (Wildman–Crippen LogP) is 2.90. The zero-order chi connectivity index (χ0) is 11.4. The van der Waals surface area contributed by atoms with Crippen molar-refractivity contribution >= 4 is 23.1 Å². The molecule has 0 spiro atoms. The molecule has 16 heavy (non-hydrogen) atoms. The number of thiophene rings is 1. The maximum Gasteiger partial charge on any atom is 0.236 e. The molecule has 2 heterocycles. The maximum atomic E-state index is 5.64. The van der Waals surface area contributed by atoms with E-state index in [0.717, 1.165) is 33.7 Å². The molecule has 2 aromatic heterocycles. The van der Waals surface area contributed by atoms with Crippen LogP contribution in [-0.4, -0.2) is 17.3 Å². The first-order valence-corrected chi connectivity index (χ1v) is 7.12. The average Bonchev–Trinajstić information content (AvgIpc) is 2.88. The quantitative estimate of drug-likeness (QED) is 0.834. The van der Waals surface area contributed by atoms with E-state index in [2.05, 4.69) is 4.98 Å². The van der Waals surface area contributed by atoms with Gasteiger partial charge in [-0.05, 0) is 18.4 Å². The number of rotatable bonds is 5. The van der Waals surface area contributed by atoms with E-state index in [0.29, 0.717) is 6.54 Å². The lowest BCUT2D eigenvalue weighted by molar-refractivity contribution is 0.542. The number of thioether (sulfide) groups is 1. The first-order valence-electron chi connectivity index (χ1n) is 5.09. The van der Waals surface area contributed by atoms with E-state index < -0.39 is 0 Å². The Kier molecular flexibility index (Phi) is 4.04. The number of oxazole rings is 1. The highest BCUT2D eigenvalue weighted by Crippen LogP contribution is 2.27. The molecule has 2 aromatic rings. The third-order valence-electron chi connectivity index (χ3n) is 2.13. The summed E-state index contributed by atoms with van der Waals surface area (Å²) in [6, 6.07) is 4.02. The van der Waals surface area contributed by atoms with Gasteiger partial charge in [0.05, 0.1) is 10.6 Å². The highest BCUT2D eigenvalue weighted by Gasteiger charge is 2.11. The Bertz CT molecular complexity index is 437. The number of aryl methyl sites for hydroxylation is 1. The minimum absolute atomic E-state index is 0.708. The highest BCUT2D eigenvalue weighted by molar-refractivity contribution is 7.98. The van der Waals surface area contributed by atoms with Gasteiger partial charge in [0.1, 0.15) is 5.76 Å². The predicted molar refractivity (Wildman–Crippen MR) is 69.8 cm³/mol. The van der Waals surface area contributed by atoms with Crippen molar-refractivity contribution in [3.63, 3.8) is 0 Å². The summed E-state index contributed by atoms with van der Waals surface area (Å²) in [5.74, 6) is 3.47. The molecule has 86 valence electrons. The van der Waals surface area contributed by atoms with Crippen LogP contribution < -0.4 is 5.73 Å². The third kappa shape index (κ3) is 2.66. The van der Waals surface area contributed by atoms with Gasteiger partial charge in [-0.1, -0.05) is 6.07 Å². The normalized spacial score (nSPS) is 10.9. The van der Waals surface area contributed by atoms with Gasteiger partial charge in [-0.3, -0.25) is 0 Å². The fourth-order valence-corrected chi connectivity index (χ4v) is 2.74. The molecule has 2 rings (SSSR count). The lowest BCUT2D eigenvalue weighted by atomic mass is 10.4. The Morgan fingerprint density at radius 3 is 3.12 bits per heavy atom. The van der Waals surface area contributed by atoms with E-state index in [1.807, 2.05) is 24.4 Å². The number of nitrogens with zero attached hydrogens (tertiary/aromatic N) is 1. The van der Waals surface area contributed by atoms with Crippen molar-refractivity contribution in [2.24, 2.45) is 5.73 Å². The topological polar surface area (TPSA) is 52.0 Å². The van der Waals surface area contributed by atoms with Crippen LogP contribution in [0.3, 0.4) is 0 Å². The molecule has 0 aliphatic carbocycles. The van der Waals surface area contributed by atoms with Crippen LogP contribution in [0.15, 0.2) is 21.9 Å². The van der Waals surface area contributed by atoms with Gasteiger partial charge in [-0.2, -0.15) is 11.8 Å². The zero-order valence-corrected chi connectivity index (χ0v) is 10.7. The van der Waals surface area contributed by atoms with Crippen LogP contribution in [0, 0.1) is 6.92 Å². The molecule has 0 bridgehead atoms. The van der Waals surface area contributed by atoms with Crippen LogP contribution in [-0.2, 0) is 5.75 Å². The molecule has 0 aliphatic rings. The molecule has 0 aliphatic heterocycles. The first kappa shape index (κ1) is 11.7. The summed E-state index contributed by atoms with van der Waals surface area (Å²) in [6.45, 7) is 2.67. The van der Waals surface area contributed by atoms with Crippen LogP contribution in [0.25, 0.3) is 10.8 Å². The van der Waals surface area contributed by atoms with Gasteiger partial charge in [0, 0.05) is 18.1 Å². The summed E-state index contributed by atoms with van der Waals surface area (Å²) in [5.41, 5.74) is 6.48. The molecule has 0 unspecified atom stereocenters. The second kappa shape index (κ2) is 5.52. The zero-order valence-electron chi connectivity index (χ0n) is 9.10. The van der Waals surface area contributed by atoms with Crippen molar-refractivity contribution < 1.29 is 4.42 Å². The molecule has 0 fully saturated rings. The van der Waals surface area contributed by atoms with Crippen LogP contribution in [0.1, 0.15) is 11.5 Å². The molecule has 0 saturated heterocycles. The lowest BCUT2D eigenvalue weighted by Crippen LogP contribution is -2.01. The fourth-order valence-electron chi connectivity index (χ4n) is 1.32. The Hall–Kier alpha value is -0.780. The van der Waals surface area contributed by atoms with Gasteiger partial charge in [-0.15, -0.1) is 11.3 Å². The Morgan fingerprint density at radius 1 is 1.56 bits per heavy atom. The molecule has 2 N–H and O–H groups in total. The van der Waals surface area contributed by atoms with Crippen molar-refractivity contribution in [3.05, 3.63) is 29.0 Å². The first-order chi connectivity index (χ1) is 7.81. The van der Waals surface area contributed by atoms with E-state index in [9.17, 15) is 0 Å². The highest BCUT2D eigenvalue weighted by atomic mass is 32.2. The van der Waals surface area contributed by atoms with Gasteiger partial charge >= 0.3 is 0 Å². The van der Waals surface area contributed by atoms with Crippen LogP contribution >= 0.6 is 23.1 Å². The number of hydrogen-bond donors (Lipinski definition) is 1. The summed E-state index contributed by atoms with van der Waals surface area (Å²) in [5, 5.41) is 2.03. The van der Waals surface area contributed by atoms with Gasteiger partial charge in [0.2, 0.25) is 5.89 Å². The minimum atomic E-state index is 0.708. The largest absolute Gasteiger partial charge is 0.440 e. The summed E-state index contributed by atoms with van der Waals surface area (Å²) in [6.07, 6.45) is 0. The van der Waals surface area contributed by atoms with Crippen molar-refractivity contribution in [2.45, 2.75) is 12.7 Å². The molecule has 0 aromatic carbocycles. The fraction of sp³-hybridized carbons (Fsp3) is 0.364. The lowest BCUT2D eigenvalue weighted by Gasteiger charge is -1.95. The number of nitrogens with two attached hydrogens (primary N) is 1. The molecule has 0 radical (unpaired) electrons.